The lowest BCUT2D eigenvalue weighted by molar-refractivity contribution is 0.0913. The van der Waals surface area contributed by atoms with Gasteiger partial charge in [0.2, 0.25) is 0 Å². The normalized spacial score (nSPS) is 17.4. The smallest absolute Gasteiger partial charge is 0.252 e. The molecule has 6 heteroatoms. The molecule has 1 aliphatic rings. The van der Waals surface area contributed by atoms with Gasteiger partial charge in [-0.25, -0.2) is 4.39 Å². The Morgan fingerprint density at radius 3 is 2.84 bits per heavy atom. The molecule has 1 saturated heterocycles. The van der Waals surface area contributed by atoms with Crippen LogP contribution in [0.5, 0.6) is 0 Å². The van der Waals surface area contributed by atoms with Crippen molar-refractivity contribution in [3.63, 3.8) is 0 Å². The Bertz CT molecular complexity index is 714. The van der Waals surface area contributed by atoms with E-state index in [4.69, 9.17) is 0 Å². The molecule has 1 atom stereocenters. The molecule has 1 unspecified atom stereocenters. The van der Waals surface area contributed by atoms with E-state index in [1.54, 1.807) is 17.4 Å². The number of thiophene rings is 1. The fourth-order valence-electron chi connectivity index (χ4n) is 3.19. The quantitative estimate of drug-likeness (QED) is 0.743. The Labute approximate surface area is 160 Å². The maximum absolute atomic E-state index is 13.4. The fraction of sp³-hybridized carbons (Fsp3) is 0.421. The number of carbonyl (C=O) groups is 1. The van der Waals surface area contributed by atoms with Crippen molar-refractivity contribution in [1.82, 2.24) is 10.2 Å². The van der Waals surface area contributed by atoms with Gasteiger partial charge in [-0.05, 0) is 77.4 Å². The summed E-state index contributed by atoms with van der Waals surface area (Å²) < 4.78 is 14.1. The molecule has 134 valence electrons. The number of likely N-dealkylation sites (tertiary alicyclic amines) is 1. The zero-order valence-corrected chi connectivity index (χ0v) is 16.6. The summed E-state index contributed by atoms with van der Waals surface area (Å²) in [5.74, 6) is 0.101. The van der Waals surface area contributed by atoms with Crippen molar-refractivity contribution in [2.24, 2.45) is 5.92 Å². The molecule has 1 N–H and O–H groups in total. The van der Waals surface area contributed by atoms with Gasteiger partial charge in [-0.15, -0.1) is 11.3 Å². The first-order valence-corrected chi connectivity index (χ1v) is 10.2. The number of hydrogen-bond donors (Lipinski definition) is 1. The third-order valence-corrected chi connectivity index (χ3v) is 6.42. The molecule has 1 aromatic heterocycles. The fourth-order valence-corrected chi connectivity index (χ4v) is 4.47. The van der Waals surface area contributed by atoms with Crippen LogP contribution in [0, 0.1) is 11.7 Å². The van der Waals surface area contributed by atoms with Crippen LogP contribution in [-0.2, 0) is 0 Å². The highest BCUT2D eigenvalue weighted by Crippen LogP contribution is 2.29. The van der Waals surface area contributed by atoms with Crippen LogP contribution >= 0.6 is 27.3 Å². The number of nitrogens with one attached hydrogen (secondary N) is 1. The van der Waals surface area contributed by atoms with E-state index in [-0.39, 0.29) is 11.9 Å². The van der Waals surface area contributed by atoms with E-state index in [0.29, 0.717) is 16.6 Å². The van der Waals surface area contributed by atoms with E-state index in [1.807, 2.05) is 6.07 Å². The van der Waals surface area contributed by atoms with Crippen molar-refractivity contribution < 1.29 is 9.18 Å². The van der Waals surface area contributed by atoms with Crippen molar-refractivity contribution in [1.29, 1.82) is 0 Å². The average molecular weight is 425 g/mol. The van der Waals surface area contributed by atoms with Gasteiger partial charge in [-0.1, -0.05) is 13.0 Å². The molecule has 0 radical (unpaired) electrons. The summed E-state index contributed by atoms with van der Waals surface area (Å²) in [6, 6.07) is 8.51. The molecular formula is C19H22BrFN2OS. The standard InChI is InChI=1S/C19H22BrFN2OS/c1-13-6-8-23(9-7-13)17(18-3-2-10-25-18)12-22-19(24)15-11-14(21)4-5-16(15)20/h2-5,10-11,13,17H,6-9,12H2,1H3,(H,22,24). The molecule has 1 aromatic carbocycles. The molecule has 0 spiro atoms. The van der Waals surface area contributed by atoms with E-state index >= 15 is 0 Å². The summed E-state index contributed by atoms with van der Waals surface area (Å²) in [4.78, 5) is 16.2. The zero-order valence-electron chi connectivity index (χ0n) is 14.2. The van der Waals surface area contributed by atoms with E-state index < -0.39 is 5.82 Å². The monoisotopic (exact) mass is 424 g/mol. The molecule has 2 heterocycles. The molecule has 1 amide bonds. The predicted molar refractivity (Wildman–Crippen MR) is 103 cm³/mol. The first kappa shape index (κ1) is 18.5. The first-order valence-electron chi connectivity index (χ1n) is 8.55. The second kappa shape index (κ2) is 8.43. The van der Waals surface area contributed by atoms with Crippen LogP contribution in [0.1, 0.15) is 41.0 Å². The highest BCUT2D eigenvalue weighted by Gasteiger charge is 2.26. The molecular weight excluding hydrogens is 403 g/mol. The predicted octanol–water partition coefficient (Wildman–Crippen LogP) is 4.85. The number of benzene rings is 1. The van der Waals surface area contributed by atoms with Gasteiger partial charge >= 0.3 is 0 Å². The molecule has 0 aliphatic carbocycles. The van der Waals surface area contributed by atoms with Crippen LogP contribution in [0.15, 0.2) is 40.2 Å². The topological polar surface area (TPSA) is 32.3 Å². The third kappa shape index (κ3) is 4.68. The molecule has 1 aliphatic heterocycles. The highest BCUT2D eigenvalue weighted by molar-refractivity contribution is 9.10. The van der Waals surface area contributed by atoms with E-state index in [0.717, 1.165) is 19.0 Å². The number of carbonyl (C=O) groups excluding carboxylic acids is 1. The lowest BCUT2D eigenvalue weighted by atomic mass is 9.97. The molecule has 25 heavy (non-hydrogen) atoms. The Kier molecular flexibility index (Phi) is 6.25. The van der Waals surface area contributed by atoms with Gasteiger partial charge in [-0.3, -0.25) is 9.69 Å². The third-order valence-electron chi connectivity index (χ3n) is 4.76. The Morgan fingerprint density at radius 1 is 1.40 bits per heavy atom. The van der Waals surface area contributed by atoms with Crippen LogP contribution in [0.25, 0.3) is 0 Å². The second-order valence-corrected chi connectivity index (χ2v) is 8.42. The van der Waals surface area contributed by atoms with Crippen molar-refractivity contribution in [3.8, 4) is 0 Å². The van der Waals surface area contributed by atoms with Gasteiger partial charge in [0.05, 0.1) is 11.6 Å². The van der Waals surface area contributed by atoms with Gasteiger partial charge in [0.1, 0.15) is 5.82 Å². The van der Waals surface area contributed by atoms with Gasteiger partial charge < -0.3 is 5.32 Å². The Morgan fingerprint density at radius 2 is 2.16 bits per heavy atom. The van der Waals surface area contributed by atoms with Crippen molar-refractivity contribution >= 4 is 33.2 Å². The minimum absolute atomic E-state index is 0.170. The summed E-state index contributed by atoms with van der Waals surface area (Å²) >= 11 is 5.04. The van der Waals surface area contributed by atoms with Crippen LogP contribution in [0.3, 0.4) is 0 Å². The molecule has 3 nitrogen and oxygen atoms in total. The summed E-state index contributed by atoms with van der Waals surface area (Å²) in [7, 11) is 0. The van der Waals surface area contributed by atoms with Gasteiger partial charge in [0.25, 0.3) is 5.91 Å². The maximum Gasteiger partial charge on any atom is 0.252 e. The van der Waals surface area contributed by atoms with E-state index in [9.17, 15) is 9.18 Å². The first-order chi connectivity index (χ1) is 12.0. The highest BCUT2D eigenvalue weighted by atomic mass is 79.9. The molecule has 3 rings (SSSR count). The second-order valence-electron chi connectivity index (χ2n) is 6.58. The van der Waals surface area contributed by atoms with Crippen molar-refractivity contribution in [3.05, 3.63) is 56.4 Å². The van der Waals surface area contributed by atoms with Crippen molar-refractivity contribution in [2.45, 2.75) is 25.8 Å². The summed E-state index contributed by atoms with van der Waals surface area (Å²) in [6.45, 7) is 4.91. The number of piperidine rings is 1. The Hall–Kier alpha value is -1.24. The molecule has 0 saturated carbocycles. The van der Waals surface area contributed by atoms with Gasteiger partial charge in [-0.2, -0.15) is 0 Å². The van der Waals surface area contributed by atoms with Crippen molar-refractivity contribution in [2.75, 3.05) is 19.6 Å². The SMILES string of the molecule is CC1CCN(C(CNC(=O)c2cc(F)ccc2Br)c2cccs2)CC1. The molecule has 2 aromatic rings. The Balaban J connectivity index is 1.70. The number of halogens is 2. The number of rotatable bonds is 5. The van der Waals surface area contributed by atoms with Crippen LogP contribution in [-0.4, -0.2) is 30.4 Å². The maximum atomic E-state index is 13.4. The summed E-state index contributed by atoms with van der Waals surface area (Å²) in [5.41, 5.74) is 0.331. The molecule has 0 bridgehead atoms. The van der Waals surface area contributed by atoms with E-state index in [2.05, 4.69) is 44.5 Å². The van der Waals surface area contributed by atoms with E-state index in [1.165, 1.54) is 29.9 Å². The van der Waals surface area contributed by atoms with Crippen LogP contribution in [0.2, 0.25) is 0 Å². The lowest BCUT2D eigenvalue weighted by Gasteiger charge is -2.36. The average Bonchev–Trinajstić information content (AvgIpc) is 3.13. The minimum atomic E-state index is -0.409. The minimum Gasteiger partial charge on any atom is -0.350 e. The van der Waals surface area contributed by atoms with Crippen LogP contribution < -0.4 is 5.32 Å². The molecule has 1 fully saturated rings. The van der Waals surface area contributed by atoms with Gasteiger partial charge in [0, 0.05) is 15.9 Å². The zero-order chi connectivity index (χ0) is 17.8. The summed E-state index contributed by atoms with van der Waals surface area (Å²) in [6.07, 6.45) is 2.37. The van der Waals surface area contributed by atoms with Crippen LogP contribution in [0.4, 0.5) is 4.39 Å². The van der Waals surface area contributed by atoms with Gasteiger partial charge in [0.15, 0.2) is 0 Å². The number of nitrogens with zero attached hydrogens (tertiary/aromatic N) is 1. The number of amides is 1. The number of hydrogen-bond acceptors (Lipinski definition) is 3. The largest absolute Gasteiger partial charge is 0.350 e. The lowest BCUT2D eigenvalue weighted by Crippen LogP contribution is -2.41. The summed E-state index contributed by atoms with van der Waals surface area (Å²) in [5, 5.41) is 5.06.